The summed E-state index contributed by atoms with van der Waals surface area (Å²) in [5.74, 6) is -2.10. The van der Waals surface area contributed by atoms with E-state index < -0.39 is 18.0 Å². The molecule has 0 saturated carbocycles. The summed E-state index contributed by atoms with van der Waals surface area (Å²) in [7, 11) is 0. The molecular weight excluding hydrogens is 365 g/mol. The highest BCUT2D eigenvalue weighted by Gasteiger charge is 2.38. The Kier molecular flexibility index (Phi) is 3.83. The molecule has 0 spiro atoms. The molecule has 4 rings (SSSR count). The number of rotatable bonds is 3. The van der Waals surface area contributed by atoms with Crippen molar-refractivity contribution in [1.29, 1.82) is 0 Å². The van der Waals surface area contributed by atoms with Gasteiger partial charge in [0.15, 0.2) is 0 Å². The smallest absolute Gasteiger partial charge is 0.329 e. The van der Waals surface area contributed by atoms with Crippen LogP contribution in [0, 0.1) is 0 Å². The van der Waals surface area contributed by atoms with Crippen molar-refractivity contribution in [1.82, 2.24) is 24.5 Å². The predicted molar refractivity (Wildman–Crippen MR) is 85.7 cm³/mol. The first-order valence-electron chi connectivity index (χ1n) is 7.51. The topological polar surface area (TPSA) is 98.2 Å². The molecule has 0 unspecified atom stereocenters. The van der Waals surface area contributed by atoms with Gasteiger partial charge in [-0.25, -0.2) is 4.98 Å². The molecule has 1 N–H and O–H groups in total. The molecule has 27 heavy (non-hydrogen) atoms. The lowest BCUT2D eigenvalue weighted by Crippen LogP contribution is -2.12. The summed E-state index contributed by atoms with van der Waals surface area (Å²) in [5, 5.41) is 6.00. The lowest BCUT2D eigenvalue weighted by molar-refractivity contribution is -0.159. The van der Waals surface area contributed by atoms with Crippen LogP contribution in [0.1, 0.15) is 16.4 Å². The number of alkyl halides is 3. The fourth-order valence-electron chi connectivity index (χ4n) is 2.32. The van der Waals surface area contributed by atoms with Crippen LogP contribution in [0.4, 0.5) is 18.9 Å². The fourth-order valence-corrected chi connectivity index (χ4v) is 2.32. The SMILES string of the molecule is O=C(Nc1ccncc1)c1cn2ccc(-c3noc(C(F)(F)F)n3)cc2n1. The summed E-state index contributed by atoms with van der Waals surface area (Å²) in [6.45, 7) is 0. The van der Waals surface area contributed by atoms with Crippen LogP contribution in [-0.2, 0) is 6.18 Å². The van der Waals surface area contributed by atoms with E-state index in [9.17, 15) is 18.0 Å². The van der Waals surface area contributed by atoms with Crippen molar-refractivity contribution >= 4 is 17.2 Å². The summed E-state index contributed by atoms with van der Waals surface area (Å²) in [6, 6.07) is 6.19. The van der Waals surface area contributed by atoms with Crippen LogP contribution in [0.3, 0.4) is 0 Å². The minimum atomic E-state index is -4.72. The second-order valence-corrected chi connectivity index (χ2v) is 5.42. The molecule has 11 heteroatoms. The number of anilines is 1. The molecular formula is C16H9F3N6O2. The molecule has 0 atom stereocenters. The zero-order valence-electron chi connectivity index (χ0n) is 13.3. The molecule has 4 heterocycles. The van der Waals surface area contributed by atoms with E-state index in [1.807, 2.05) is 0 Å². The van der Waals surface area contributed by atoms with Gasteiger partial charge in [-0.3, -0.25) is 9.78 Å². The molecule has 0 aliphatic carbocycles. The Balaban J connectivity index is 1.62. The Morgan fingerprint density at radius 2 is 1.93 bits per heavy atom. The maximum atomic E-state index is 12.6. The maximum Gasteiger partial charge on any atom is 0.471 e. The Morgan fingerprint density at radius 1 is 1.15 bits per heavy atom. The highest BCUT2D eigenvalue weighted by molar-refractivity contribution is 6.03. The number of halogens is 3. The van der Waals surface area contributed by atoms with Crippen LogP contribution < -0.4 is 5.32 Å². The molecule has 0 aliphatic heterocycles. The first-order valence-corrected chi connectivity index (χ1v) is 7.51. The third-order valence-electron chi connectivity index (χ3n) is 3.56. The number of amides is 1. The average molecular weight is 374 g/mol. The van der Waals surface area contributed by atoms with Crippen molar-refractivity contribution in [3.8, 4) is 11.4 Å². The number of hydrogen-bond donors (Lipinski definition) is 1. The first kappa shape index (κ1) is 16.7. The van der Waals surface area contributed by atoms with E-state index in [-0.39, 0.29) is 17.1 Å². The summed E-state index contributed by atoms with van der Waals surface area (Å²) >= 11 is 0. The van der Waals surface area contributed by atoms with Gasteiger partial charge in [0.25, 0.3) is 5.91 Å². The monoisotopic (exact) mass is 374 g/mol. The zero-order chi connectivity index (χ0) is 19.0. The van der Waals surface area contributed by atoms with Gasteiger partial charge in [-0.2, -0.15) is 18.2 Å². The lowest BCUT2D eigenvalue weighted by Gasteiger charge is -2.00. The maximum absolute atomic E-state index is 12.6. The molecule has 136 valence electrons. The molecule has 0 aromatic carbocycles. The predicted octanol–water partition coefficient (Wildman–Crippen LogP) is 3.05. The Hall–Kier alpha value is -3.76. The number of carbonyl (C=O) groups is 1. The molecule has 4 aromatic rings. The van der Waals surface area contributed by atoms with Crippen LogP contribution in [0.15, 0.2) is 53.6 Å². The van der Waals surface area contributed by atoms with Crippen LogP contribution in [0.2, 0.25) is 0 Å². The van der Waals surface area contributed by atoms with Crippen LogP contribution >= 0.6 is 0 Å². The number of imidazole rings is 1. The second-order valence-electron chi connectivity index (χ2n) is 5.42. The van der Waals surface area contributed by atoms with Crippen LogP contribution in [-0.4, -0.2) is 30.4 Å². The second kappa shape index (κ2) is 6.20. The van der Waals surface area contributed by atoms with Crippen molar-refractivity contribution in [2.75, 3.05) is 5.32 Å². The van der Waals surface area contributed by atoms with Crippen LogP contribution in [0.5, 0.6) is 0 Å². The summed E-state index contributed by atoms with van der Waals surface area (Å²) in [6.07, 6.45) is 1.37. The Morgan fingerprint density at radius 3 is 2.63 bits per heavy atom. The Labute approximate surface area is 148 Å². The third-order valence-corrected chi connectivity index (χ3v) is 3.56. The Bertz CT molecular complexity index is 1120. The number of aromatic nitrogens is 5. The zero-order valence-corrected chi connectivity index (χ0v) is 13.3. The highest BCUT2D eigenvalue weighted by Crippen LogP contribution is 2.29. The quantitative estimate of drug-likeness (QED) is 0.592. The minimum absolute atomic E-state index is 0.132. The van der Waals surface area contributed by atoms with E-state index in [1.165, 1.54) is 36.9 Å². The molecule has 0 saturated heterocycles. The van der Waals surface area contributed by atoms with Gasteiger partial charge in [-0.1, -0.05) is 5.16 Å². The van der Waals surface area contributed by atoms with E-state index in [4.69, 9.17) is 0 Å². The van der Waals surface area contributed by atoms with Crippen LogP contribution in [0.25, 0.3) is 17.0 Å². The highest BCUT2D eigenvalue weighted by atomic mass is 19.4. The van der Waals surface area contributed by atoms with Crippen molar-refractivity contribution in [3.05, 3.63) is 60.6 Å². The van der Waals surface area contributed by atoms with Gasteiger partial charge in [0.1, 0.15) is 11.3 Å². The van der Waals surface area contributed by atoms with Gasteiger partial charge < -0.3 is 14.2 Å². The van der Waals surface area contributed by atoms with Gasteiger partial charge in [0.2, 0.25) is 5.82 Å². The van der Waals surface area contributed by atoms with E-state index in [0.29, 0.717) is 11.3 Å². The van der Waals surface area contributed by atoms with E-state index >= 15 is 0 Å². The summed E-state index contributed by atoms with van der Waals surface area (Å²) < 4.78 is 43.5. The molecule has 1 amide bonds. The molecule has 0 fully saturated rings. The normalized spacial score (nSPS) is 11.7. The van der Waals surface area contributed by atoms with Gasteiger partial charge in [0, 0.05) is 36.0 Å². The van der Waals surface area contributed by atoms with Crippen molar-refractivity contribution in [2.45, 2.75) is 6.18 Å². The summed E-state index contributed by atoms with van der Waals surface area (Å²) in [4.78, 5) is 23.6. The average Bonchev–Trinajstić information content (AvgIpc) is 3.29. The summed E-state index contributed by atoms with van der Waals surface area (Å²) in [5.41, 5.74) is 1.30. The lowest BCUT2D eigenvalue weighted by atomic mass is 10.2. The number of carbonyl (C=O) groups excluding carboxylic acids is 1. The standard InChI is InChI=1S/C16H9F3N6O2/c17-16(18,19)15-23-13(24-27-15)9-3-6-25-8-11(22-12(25)7-9)14(26)21-10-1-4-20-5-2-10/h1-8H,(H,20,21,26). The van der Waals surface area contributed by atoms with E-state index in [2.05, 4.69) is 29.9 Å². The molecule has 0 radical (unpaired) electrons. The molecule has 4 aromatic heterocycles. The number of nitrogens with zero attached hydrogens (tertiary/aromatic N) is 5. The number of nitrogens with one attached hydrogen (secondary N) is 1. The number of fused-ring (bicyclic) bond motifs is 1. The first-order chi connectivity index (χ1) is 12.9. The number of hydrogen-bond acceptors (Lipinski definition) is 6. The largest absolute Gasteiger partial charge is 0.471 e. The molecule has 0 bridgehead atoms. The van der Waals surface area contributed by atoms with Crippen molar-refractivity contribution in [2.24, 2.45) is 0 Å². The van der Waals surface area contributed by atoms with Gasteiger partial charge >= 0.3 is 12.1 Å². The fraction of sp³-hybridized carbons (Fsp3) is 0.0625. The third kappa shape index (κ3) is 3.34. The van der Waals surface area contributed by atoms with E-state index in [0.717, 1.165) is 0 Å². The molecule has 0 aliphatic rings. The minimum Gasteiger partial charge on any atom is -0.329 e. The van der Waals surface area contributed by atoms with Gasteiger partial charge in [-0.15, -0.1) is 0 Å². The van der Waals surface area contributed by atoms with Gasteiger partial charge in [-0.05, 0) is 24.3 Å². The number of pyridine rings is 2. The molecule has 8 nitrogen and oxygen atoms in total. The van der Waals surface area contributed by atoms with Crippen molar-refractivity contribution < 1.29 is 22.5 Å². The van der Waals surface area contributed by atoms with Gasteiger partial charge in [0.05, 0.1) is 0 Å². The van der Waals surface area contributed by atoms with E-state index in [1.54, 1.807) is 16.5 Å². The van der Waals surface area contributed by atoms with Crippen molar-refractivity contribution in [3.63, 3.8) is 0 Å².